The molecule has 1 aromatic carbocycles. The minimum absolute atomic E-state index is 0.0746. The van der Waals surface area contributed by atoms with E-state index in [0.29, 0.717) is 5.75 Å². The summed E-state index contributed by atoms with van der Waals surface area (Å²) in [6.45, 7) is 0. The third-order valence-corrected chi connectivity index (χ3v) is 7.30. The highest BCUT2D eigenvalue weighted by molar-refractivity contribution is 14.1. The van der Waals surface area contributed by atoms with Crippen LogP contribution in [0.5, 0.6) is 11.5 Å². The zero-order chi connectivity index (χ0) is 16.1. The number of likely N-dealkylation sites (N-methyl/N-ethyl adjacent to an activating group) is 1. The lowest BCUT2D eigenvalue weighted by Gasteiger charge is -2.48. The molecule has 3 rings (SSSR count). The second kappa shape index (κ2) is 5.79. The number of phenols is 1. The van der Waals surface area contributed by atoms with Crippen molar-refractivity contribution in [2.75, 3.05) is 14.2 Å². The number of nitrogens with one attached hydrogen (secondary N) is 1. The number of ether oxygens (including phenoxy) is 1. The summed E-state index contributed by atoms with van der Waals surface area (Å²) >= 11 is 6.04. The number of hydrogen-bond acceptors (Lipinski definition) is 4. The molecule has 0 aromatic heterocycles. The van der Waals surface area contributed by atoms with Gasteiger partial charge in [-0.05, 0) is 31.2 Å². The van der Waals surface area contributed by atoms with Crippen LogP contribution in [0.3, 0.4) is 0 Å². The van der Waals surface area contributed by atoms with Gasteiger partial charge in [0.2, 0.25) is 0 Å². The smallest absolute Gasteiger partial charge is 0.168 e. The number of fused-ring (bicyclic) bond motifs is 3. The molecule has 118 valence electrons. The molecule has 0 saturated carbocycles. The molecule has 0 radical (unpaired) electrons. The number of halogens is 2. The summed E-state index contributed by atoms with van der Waals surface area (Å²) in [6, 6.07) is 3.90. The Morgan fingerprint density at radius 1 is 1.50 bits per heavy atom. The molecule has 0 saturated heterocycles. The van der Waals surface area contributed by atoms with Crippen LogP contribution in [-0.2, 0) is 11.2 Å². The lowest BCUT2D eigenvalue weighted by atomic mass is 9.67. The SMILES string of the molecule is CNC1Cc2ccc(OC)c(O)c2C2C(I)C(=O)C=CC12Br. The quantitative estimate of drug-likeness (QED) is 0.508. The van der Waals surface area contributed by atoms with Crippen molar-refractivity contribution in [2.45, 2.75) is 26.6 Å². The Morgan fingerprint density at radius 2 is 2.23 bits per heavy atom. The Bertz CT molecular complexity index is 663. The van der Waals surface area contributed by atoms with Crippen molar-refractivity contribution in [2.24, 2.45) is 0 Å². The average Bonchev–Trinajstić information content (AvgIpc) is 2.51. The van der Waals surface area contributed by atoms with E-state index < -0.39 is 4.32 Å². The second-order valence-electron chi connectivity index (χ2n) is 5.68. The Hall–Kier alpha value is -0.600. The molecule has 0 amide bonds. The molecule has 2 aliphatic carbocycles. The van der Waals surface area contributed by atoms with Crippen LogP contribution in [0.1, 0.15) is 17.0 Å². The molecule has 4 atom stereocenters. The van der Waals surface area contributed by atoms with E-state index in [9.17, 15) is 9.90 Å². The van der Waals surface area contributed by atoms with Crippen LogP contribution < -0.4 is 10.1 Å². The molecule has 0 aliphatic heterocycles. The minimum Gasteiger partial charge on any atom is -0.504 e. The van der Waals surface area contributed by atoms with E-state index in [2.05, 4.69) is 43.8 Å². The maximum absolute atomic E-state index is 12.2. The van der Waals surface area contributed by atoms with E-state index in [1.807, 2.05) is 19.2 Å². The molecule has 0 spiro atoms. The Morgan fingerprint density at radius 3 is 2.86 bits per heavy atom. The number of phenolic OH excluding ortho intramolecular Hbond substituents is 1. The monoisotopic (exact) mass is 477 g/mol. The molecule has 6 heteroatoms. The van der Waals surface area contributed by atoms with Gasteiger partial charge in [-0.1, -0.05) is 50.7 Å². The van der Waals surface area contributed by atoms with Gasteiger partial charge in [0, 0.05) is 17.5 Å². The molecule has 2 N–H and O–H groups in total. The molecular weight excluding hydrogens is 461 g/mol. The van der Waals surface area contributed by atoms with Gasteiger partial charge in [0.05, 0.1) is 15.4 Å². The molecule has 0 bridgehead atoms. The van der Waals surface area contributed by atoms with E-state index >= 15 is 0 Å². The summed E-state index contributed by atoms with van der Waals surface area (Å²) in [6.07, 6.45) is 4.35. The zero-order valence-electron chi connectivity index (χ0n) is 12.3. The number of carbonyl (C=O) groups excluding carboxylic acids is 1. The van der Waals surface area contributed by atoms with Crippen molar-refractivity contribution in [1.82, 2.24) is 5.32 Å². The number of allylic oxidation sites excluding steroid dienone is 1. The number of ketones is 1. The van der Waals surface area contributed by atoms with Crippen molar-refractivity contribution in [3.63, 3.8) is 0 Å². The van der Waals surface area contributed by atoms with Gasteiger partial charge < -0.3 is 15.2 Å². The summed E-state index contributed by atoms with van der Waals surface area (Å²) in [5.74, 6) is 0.516. The van der Waals surface area contributed by atoms with E-state index in [-0.39, 0.29) is 27.4 Å². The molecular formula is C16H17BrINO3. The first-order valence-corrected chi connectivity index (χ1v) is 9.10. The molecule has 2 aliphatic rings. The second-order valence-corrected chi connectivity index (χ2v) is 8.39. The van der Waals surface area contributed by atoms with Crippen LogP contribution >= 0.6 is 38.5 Å². The predicted octanol–water partition coefficient (Wildman–Crippen LogP) is 2.70. The van der Waals surface area contributed by atoms with Gasteiger partial charge in [-0.2, -0.15) is 0 Å². The summed E-state index contributed by atoms with van der Waals surface area (Å²) < 4.78 is 4.61. The lowest BCUT2D eigenvalue weighted by Crippen LogP contribution is -2.56. The summed E-state index contributed by atoms with van der Waals surface area (Å²) in [5.41, 5.74) is 1.88. The molecule has 1 aromatic rings. The molecule has 4 unspecified atom stereocenters. The van der Waals surface area contributed by atoms with Crippen LogP contribution in [0.15, 0.2) is 24.3 Å². The fourth-order valence-electron chi connectivity index (χ4n) is 3.51. The normalized spacial score (nSPS) is 33.3. The van der Waals surface area contributed by atoms with Crippen LogP contribution in [0, 0.1) is 0 Å². The van der Waals surface area contributed by atoms with Crippen LogP contribution in [0.2, 0.25) is 0 Å². The predicted molar refractivity (Wildman–Crippen MR) is 97.6 cm³/mol. The van der Waals surface area contributed by atoms with Crippen LogP contribution in [0.4, 0.5) is 0 Å². The zero-order valence-corrected chi connectivity index (χ0v) is 16.0. The van der Waals surface area contributed by atoms with Crippen LogP contribution in [0.25, 0.3) is 0 Å². The highest BCUT2D eigenvalue weighted by Crippen LogP contribution is 2.55. The Balaban J connectivity index is 2.26. The van der Waals surface area contributed by atoms with Crippen molar-refractivity contribution in [3.8, 4) is 11.5 Å². The van der Waals surface area contributed by atoms with Crippen molar-refractivity contribution in [1.29, 1.82) is 0 Å². The van der Waals surface area contributed by atoms with Gasteiger partial charge in [0.1, 0.15) is 0 Å². The fraction of sp³-hybridized carbons (Fsp3) is 0.438. The van der Waals surface area contributed by atoms with Crippen molar-refractivity contribution < 1.29 is 14.6 Å². The average molecular weight is 478 g/mol. The number of carbonyl (C=O) groups is 1. The summed E-state index contributed by atoms with van der Waals surface area (Å²) in [7, 11) is 3.46. The number of benzene rings is 1. The third-order valence-electron chi connectivity index (χ3n) is 4.65. The van der Waals surface area contributed by atoms with E-state index in [0.717, 1.165) is 17.5 Å². The van der Waals surface area contributed by atoms with E-state index in [4.69, 9.17) is 4.74 Å². The fourth-order valence-corrected chi connectivity index (χ4v) is 6.19. The summed E-state index contributed by atoms with van der Waals surface area (Å²) in [4.78, 5) is 12.2. The maximum atomic E-state index is 12.2. The van der Waals surface area contributed by atoms with Gasteiger partial charge >= 0.3 is 0 Å². The lowest BCUT2D eigenvalue weighted by molar-refractivity contribution is -0.114. The number of aromatic hydroxyl groups is 1. The van der Waals surface area contributed by atoms with Crippen molar-refractivity contribution >= 4 is 44.3 Å². The number of rotatable bonds is 2. The van der Waals surface area contributed by atoms with Gasteiger partial charge in [0.15, 0.2) is 17.3 Å². The first-order chi connectivity index (χ1) is 10.4. The highest BCUT2D eigenvalue weighted by Gasteiger charge is 2.53. The topological polar surface area (TPSA) is 58.6 Å². The standard InChI is InChI=1S/C16H17BrINO3/c1-19-11-7-8-3-4-10(22-2)15(21)12(8)13-14(18)9(20)5-6-16(11,13)17/h3-6,11,13-14,19,21H,7H2,1-2H3. The Labute approximate surface area is 151 Å². The first kappa shape index (κ1) is 16.3. The first-order valence-electron chi connectivity index (χ1n) is 7.06. The van der Waals surface area contributed by atoms with E-state index in [1.54, 1.807) is 12.1 Å². The van der Waals surface area contributed by atoms with E-state index in [1.165, 1.54) is 7.11 Å². The number of alkyl halides is 2. The third kappa shape index (κ3) is 2.22. The van der Waals surface area contributed by atoms with Gasteiger partial charge in [-0.15, -0.1) is 0 Å². The van der Waals surface area contributed by atoms with Gasteiger partial charge in [0.25, 0.3) is 0 Å². The van der Waals surface area contributed by atoms with Crippen molar-refractivity contribution in [3.05, 3.63) is 35.4 Å². The molecule has 0 heterocycles. The number of hydrogen-bond donors (Lipinski definition) is 2. The molecule has 0 fully saturated rings. The van der Waals surface area contributed by atoms with Gasteiger partial charge in [-0.25, -0.2) is 0 Å². The largest absolute Gasteiger partial charge is 0.504 e. The minimum atomic E-state index is -0.404. The molecule has 22 heavy (non-hydrogen) atoms. The molecule has 4 nitrogen and oxygen atoms in total. The number of methoxy groups -OCH3 is 1. The van der Waals surface area contributed by atoms with Crippen LogP contribution in [-0.4, -0.2) is 39.3 Å². The Kier molecular flexibility index (Phi) is 4.28. The highest BCUT2D eigenvalue weighted by atomic mass is 127. The maximum Gasteiger partial charge on any atom is 0.168 e. The van der Waals surface area contributed by atoms with Gasteiger partial charge in [-0.3, -0.25) is 4.79 Å². The summed E-state index contributed by atoms with van der Waals surface area (Å²) in [5, 5.41) is 14.0.